The van der Waals surface area contributed by atoms with Gasteiger partial charge in [-0.2, -0.15) is 0 Å². The highest BCUT2D eigenvalue weighted by Gasteiger charge is 2.32. The zero-order valence-electron chi connectivity index (χ0n) is 10.5. The number of benzene rings is 1. The molecule has 0 spiro atoms. The van der Waals surface area contributed by atoms with E-state index in [4.69, 9.17) is 9.05 Å². The summed E-state index contributed by atoms with van der Waals surface area (Å²) in [5.41, 5.74) is 0.202. The van der Waals surface area contributed by atoms with Crippen molar-refractivity contribution in [2.24, 2.45) is 0 Å². The largest absolute Gasteiger partial charge is 0.383 e. The maximum absolute atomic E-state index is 12.0. The summed E-state index contributed by atoms with van der Waals surface area (Å²) in [5, 5.41) is 20.4. The standard InChI is InChI=1S/C11H14NO6P/c1-8(19(16,17-2)18-3)11(13)9-4-6-10(7-5-9)12(14)15/h4-7,11,13H,1H2,2-3H3. The van der Waals surface area contributed by atoms with E-state index in [1.807, 2.05) is 0 Å². The van der Waals surface area contributed by atoms with Crippen molar-refractivity contribution >= 4 is 13.3 Å². The average molecular weight is 287 g/mol. The molecule has 0 radical (unpaired) electrons. The number of nitro groups is 1. The van der Waals surface area contributed by atoms with Crippen LogP contribution in [0.5, 0.6) is 0 Å². The molecule has 1 atom stereocenters. The summed E-state index contributed by atoms with van der Waals surface area (Å²) in [6, 6.07) is 5.17. The zero-order valence-corrected chi connectivity index (χ0v) is 11.4. The highest BCUT2D eigenvalue weighted by Crippen LogP contribution is 2.57. The lowest BCUT2D eigenvalue weighted by Gasteiger charge is -2.20. The van der Waals surface area contributed by atoms with Crippen LogP contribution in [0, 0.1) is 10.1 Å². The van der Waals surface area contributed by atoms with E-state index in [9.17, 15) is 19.8 Å². The molecule has 0 aliphatic heterocycles. The number of aliphatic hydroxyl groups is 1. The summed E-state index contributed by atoms with van der Waals surface area (Å²) in [6.07, 6.45) is -1.30. The Morgan fingerprint density at radius 2 is 1.84 bits per heavy atom. The molecular weight excluding hydrogens is 273 g/mol. The molecule has 0 aliphatic rings. The third-order valence-electron chi connectivity index (χ3n) is 2.57. The maximum Gasteiger partial charge on any atom is 0.359 e. The Bertz CT molecular complexity index is 518. The van der Waals surface area contributed by atoms with Gasteiger partial charge in [0.2, 0.25) is 0 Å². The fourth-order valence-corrected chi connectivity index (χ4v) is 2.50. The average Bonchev–Trinajstić information content (AvgIpc) is 2.44. The Morgan fingerprint density at radius 1 is 1.37 bits per heavy atom. The zero-order chi connectivity index (χ0) is 14.6. The molecular formula is C11H14NO6P. The maximum atomic E-state index is 12.0. The Hall–Kier alpha value is -1.53. The van der Waals surface area contributed by atoms with E-state index in [1.165, 1.54) is 38.5 Å². The summed E-state index contributed by atoms with van der Waals surface area (Å²) in [5.74, 6) is 0. The van der Waals surface area contributed by atoms with Gasteiger partial charge in [-0.25, -0.2) is 0 Å². The summed E-state index contributed by atoms with van der Waals surface area (Å²) in [6.45, 7) is 3.51. The van der Waals surface area contributed by atoms with Gasteiger partial charge < -0.3 is 14.2 Å². The van der Waals surface area contributed by atoms with E-state index in [2.05, 4.69) is 6.58 Å². The molecule has 7 nitrogen and oxygen atoms in total. The molecule has 0 saturated carbocycles. The first-order valence-electron chi connectivity index (χ1n) is 5.19. The molecule has 0 aliphatic carbocycles. The first-order chi connectivity index (χ1) is 8.85. The van der Waals surface area contributed by atoms with E-state index in [0.29, 0.717) is 5.56 Å². The Kier molecular flexibility index (Phi) is 4.97. The van der Waals surface area contributed by atoms with Crippen molar-refractivity contribution in [3.8, 4) is 0 Å². The summed E-state index contributed by atoms with van der Waals surface area (Å²) < 4.78 is 21.5. The van der Waals surface area contributed by atoms with Crippen LogP contribution >= 0.6 is 7.60 Å². The number of non-ortho nitro benzene ring substituents is 1. The van der Waals surface area contributed by atoms with Gasteiger partial charge in [0.15, 0.2) is 0 Å². The minimum Gasteiger partial charge on any atom is -0.383 e. The second-order valence-electron chi connectivity index (χ2n) is 3.61. The van der Waals surface area contributed by atoms with Gasteiger partial charge in [-0.15, -0.1) is 0 Å². The minimum absolute atomic E-state index is 0.108. The fraction of sp³-hybridized carbons (Fsp3) is 0.273. The molecule has 0 fully saturated rings. The molecule has 1 aromatic carbocycles. The summed E-state index contributed by atoms with van der Waals surface area (Å²) in [4.78, 5) is 9.95. The Labute approximate surface area is 110 Å². The predicted molar refractivity (Wildman–Crippen MR) is 68.8 cm³/mol. The molecule has 1 rings (SSSR count). The van der Waals surface area contributed by atoms with Crippen LogP contribution in [-0.4, -0.2) is 24.2 Å². The van der Waals surface area contributed by atoms with E-state index in [-0.39, 0.29) is 11.0 Å². The first-order valence-corrected chi connectivity index (χ1v) is 6.73. The molecule has 1 aromatic rings. The van der Waals surface area contributed by atoms with Gasteiger partial charge in [-0.1, -0.05) is 6.58 Å². The van der Waals surface area contributed by atoms with Crippen molar-refractivity contribution < 1.29 is 23.6 Å². The molecule has 1 N–H and O–H groups in total. The lowest BCUT2D eigenvalue weighted by atomic mass is 10.1. The quantitative estimate of drug-likeness (QED) is 0.490. The normalized spacial score (nSPS) is 13.0. The van der Waals surface area contributed by atoms with Crippen molar-refractivity contribution in [3.63, 3.8) is 0 Å². The van der Waals surface area contributed by atoms with Crippen LogP contribution in [0.3, 0.4) is 0 Å². The molecule has 0 saturated heterocycles. The molecule has 0 aromatic heterocycles. The van der Waals surface area contributed by atoms with Gasteiger partial charge in [-0.3, -0.25) is 14.7 Å². The molecule has 0 heterocycles. The van der Waals surface area contributed by atoms with Crippen molar-refractivity contribution in [2.45, 2.75) is 6.10 Å². The van der Waals surface area contributed by atoms with E-state index >= 15 is 0 Å². The molecule has 19 heavy (non-hydrogen) atoms. The SMILES string of the molecule is C=C(C(O)c1ccc([N+](=O)[O-])cc1)P(=O)(OC)OC. The molecule has 0 bridgehead atoms. The van der Waals surface area contributed by atoms with Crippen LogP contribution in [-0.2, 0) is 13.6 Å². The molecule has 8 heteroatoms. The van der Waals surface area contributed by atoms with E-state index in [0.717, 1.165) is 0 Å². The summed E-state index contributed by atoms with van der Waals surface area (Å²) in [7, 11) is -1.25. The van der Waals surface area contributed by atoms with Gasteiger partial charge >= 0.3 is 7.60 Å². The minimum atomic E-state index is -3.60. The van der Waals surface area contributed by atoms with Crippen molar-refractivity contribution in [1.82, 2.24) is 0 Å². The number of aliphatic hydroxyl groups excluding tert-OH is 1. The van der Waals surface area contributed by atoms with Crippen LogP contribution in [0.2, 0.25) is 0 Å². The molecule has 0 amide bonds. The third kappa shape index (κ3) is 3.27. The highest BCUT2D eigenvalue weighted by molar-refractivity contribution is 7.58. The number of nitrogens with zero attached hydrogens (tertiary/aromatic N) is 1. The summed E-state index contributed by atoms with van der Waals surface area (Å²) >= 11 is 0. The van der Waals surface area contributed by atoms with Gasteiger partial charge in [0.05, 0.1) is 10.2 Å². The Morgan fingerprint density at radius 3 is 2.21 bits per heavy atom. The van der Waals surface area contributed by atoms with E-state index in [1.54, 1.807) is 0 Å². The monoisotopic (exact) mass is 287 g/mol. The lowest BCUT2D eigenvalue weighted by molar-refractivity contribution is -0.384. The van der Waals surface area contributed by atoms with Crippen molar-refractivity contribution in [2.75, 3.05) is 14.2 Å². The fourth-order valence-electron chi connectivity index (χ4n) is 1.43. The molecule has 1 unspecified atom stereocenters. The number of hydrogen-bond donors (Lipinski definition) is 1. The lowest BCUT2D eigenvalue weighted by Crippen LogP contribution is -2.04. The number of rotatable bonds is 6. The van der Waals surface area contributed by atoms with Gasteiger partial charge in [-0.05, 0) is 17.7 Å². The number of hydrogen-bond acceptors (Lipinski definition) is 6. The second-order valence-corrected chi connectivity index (χ2v) is 5.90. The van der Waals surface area contributed by atoms with Crippen LogP contribution in [0.1, 0.15) is 11.7 Å². The van der Waals surface area contributed by atoms with Gasteiger partial charge in [0, 0.05) is 26.4 Å². The van der Waals surface area contributed by atoms with Crippen LogP contribution in [0.4, 0.5) is 5.69 Å². The number of nitro benzene ring substituents is 1. The topological polar surface area (TPSA) is 98.9 Å². The third-order valence-corrected chi connectivity index (χ3v) is 4.48. The van der Waals surface area contributed by atoms with Crippen molar-refractivity contribution in [1.29, 1.82) is 0 Å². The predicted octanol–water partition coefficient (Wildman–Crippen LogP) is 2.63. The smallest absolute Gasteiger partial charge is 0.359 e. The van der Waals surface area contributed by atoms with Crippen LogP contribution < -0.4 is 0 Å². The van der Waals surface area contributed by atoms with Gasteiger partial charge in [0.1, 0.15) is 6.10 Å². The van der Waals surface area contributed by atoms with Gasteiger partial charge in [0.25, 0.3) is 5.69 Å². The molecule has 104 valence electrons. The second kappa shape index (κ2) is 6.08. The Balaban J connectivity index is 3.00. The highest BCUT2D eigenvalue weighted by atomic mass is 31.2. The van der Waals surface area contributed by atoms with E-state index < -0.39 is 18.6 Å². The van der Waals surface area contributed by atoms with Crippen LogP contribution in [0.15, 0.2) is 36.2 Å². The first kappa shape index (κ1) is 15.5. The van der Waals surface area contributed by atoms with Crippen LogP contribution in [0.25, 0.3) is 0 Å². The van der Waals surface area contributed by atoms with Crippen molar-refractivity contribution in [3.05, 3.63) is 51.8 Å².